The number of nitrogens with one attached hydrogen (secondary N) is 13. The molecule has 2 aliphatic rings. The molecule has 0 saturated carbocycles. The summed E-state index contributed by atoms with van der Waals surface area (Å²) in [6.45, 7) is 12.1. The molecule has 0 radical (unpaired) electrons. The van der Waals surface area contributed by atoms with Crippen molar-refractivity contribution in [2.75, 3.05) is 69.3 Å². The van der Waals surface area contributed by atoms with Gasteiger partial charge in [-0.3, -0.25) is 62.5 Å². The number of fused-ring (bicyclic) bond motifs is 5. The van der Waals surface area contributed by atoms with Gasteiger partial charge < -0.3 is 96.1 Å². The van der Waals surface area contributed by atoms with E-state index in [-0.39, 0.29) is 111 Å². The molecule has 11 amide bonds. The molecule has 3 rings (SSSR count). The maximum absolute atomic E-state index is 14.5. The number of aliphatic imine (C=N–C) groups is 1. The van der Waals surface area contributed by atoms with E-state index in [1.165, 1.54) is 7.05 Å². The maximum atomic E-state index is 14.5. The van der Waals surface area contributed by atoms with Crippen molar-refractivity contribution >= 4 is 122 Å². The number of nitrogens with zero attached hydrogens (tertiary/aromatic N) is 3. The molecule has 0 aromatic heterocycles. The largest absolute Gasteiger partial charge is 0.481 e. The number of guanidine groups is 1. The summed E-state index contributed by atoms with van der Waals surface area (Å²) in [6, 6.07) is -1.79. The molecule has 1 aromatic carbocycles. The van der Waals surface area contributed by atoms with Crippen molar-refractivity contribution in [1.82, 2.24) is 69.1 Å². The zero-order valence-electron chi connectivity index (χ0n) is 56.2. The van der Waals surface area contributed by atoms with Crippen molar-refractivity contribution in [3.8, 4) is 0 Å². The lowest BCUT2D eigenvalue weighted by Gasteiger charge is -2.28. The molecule has 0 spiro atoms. The summed E-state index contributed by atoms with van der Waals surface area (Å²) in [4.78, 5) is 168. The highest BCUT2D eigenvalue weighted by Crippen LogP contribution is 2.24. The third-order valence-electron chi connectivity index (χ3n) is 16.1. The first-order chi connectivity index (χ1) is 46.0. The van der Waals surface area contributed by atoms with Crippen LogP contribution in [0.3, 0.4) is 0 Å². The third kappa shape index (κ3) is 32.8. The summed E-state index contributed by atoms with van der Waals surface area (Å²) < 4.78 is 0. The predicted octanol–water partition coefficient (Wildman–Crippen LogP) is -2.05. The van der Waals surface area contributed by atoms with Gasteiger partial charge in [0, 0.05) is 63.2 Å². The Morgan fingerprint density at radius 3 is 1.68 bits per heavy atom. The van der Waals surface area contributed by atoms with Gasteiger partial charge in [0.25, 0.3) is 0 Å². The fraction of sp³-hybridized carbons (Fsp3) is 0.656. The second-order valence-corrected chi connectivity index (χ2v) is 28.0. The number of nitrogens with two attached hydrogens (primary N) is 2. The highest BCUT2D eigenvalue weighted by Gasteiger charge is 2.36. The molecule has 33 nitrogen and oxygen atoms in total. The molecule has 542 valence electrons. The topological polar surface area (TPSA) is 511 Å². The number of carboxylic acids is 1. The van der Waals surface area contributed by atoms with E-state index < -0.39 is 125 Å². The molecule has 2 bridgehead atoms. The van der Waals surface area contributed by atoms with Gasteiger partial charge >= 0.3 is 5.97 Å². The molecule has 0 unspecified atom stereocenters. The van der Waals surface area contributed by atoms with E-state index in [1.807, 2.05) is 27.7 Å². The van der Waals surface area contributed by atoms with E-state index in [0.29, 0.717) is 49.5 Å². The van der Waals surface area contributed by atoms with Crippen LogP contribution in [0.15, 0.2) is 45.6 Å². The van der Waals surface area contributed by atoms with Gasteiger partial charge in [-0.05, 0) is 124 Å². The molecular formula is C61H100N18O15S3. The molecular weight excluding hydrogens is 1320 g/mol. The Balaban J connectivity index is 1.87. The van der Waals surface area contributed by atoms with Gasteiger partial charge in [-0.15, -0.1) is 11.8 Å². The van der Waals surface area contributed by atoms with Crippen LogP contribution in [0.1, 0.15) is 124 Å². The first-order valence-electron chi connectivity index (χ1n) is 32.1. The number of thioether (sulfide) groups is 1. The summed E-state index contributed by atoms with van der Waals surface area (Å²) in [5, 5.41) is 70.7. The van der Waals surface area contributed by atoms with E-state index in [0.717, 1.165) is 46.2 Å². The van der Waals surface area contributed by atoms with Crippen LogP contribution >= 0.6 is 33.3 Å². The zero-order valence-corrected chi connectivity index (χ0v) is 58.7. The minimum atomic E-state index is -1.80. The Hall–Kier alpha value is -7.96. The van der Waals surface area contributed by atoms with Crippen molar-refractivity contribution in [2.45, 2.75) is 178 Å². The predicted molar refractivity (Wildman–Crippen MR) is 370 cm³/mol. The number of rotatable bonds is 31. The standard InChI is InChI=1S/C61H100N18O15S3/c1-36(78-93)60(3,4)69-27-22-38(23-28-70-61(5,6)37(2)79-94)21-26-66-48(81)20-13-19-47(80)65-24-12-11-17-41-54(88)76-45-33-96-97-34-46(58(92)74-42(29-39-15-9-8-10-16-39)55(89)75-44(52(86)64-7)32-95-35-50(83)71-41)77-56(90)43(30-51(84)85)72-49(82)31-68-53(87)40(73-57(45)91)18-14-25-67-59(62)63/h8-10,15-16,38,40-46,69-70,93-94H,11-14,17-35H2,1-7H3,(H,64,86)(H,65,80)(H,66,81)(H,68,87)(H,71,83)(H,72,82)(H,73,91)(H,74,92)(H,75,89)(H,76,88)(H,77,90)(H,84,85)(H4,62,63,67)/b78-36-,79-37-/t40-,41-,42-,43-,44-,45-,46-/m0/s1. The minimum absolute atomic E-state index is 0.0114. The number of carbonyl (C=O) groups is 12. The quantitative estimate of drug-likeness (QED) is 0.00950. The number of hydrogen-bond donors (Lipinski definition) is 18. The second-order valence-electron chi connectivity index (χ2n) is 24.5. The maximum Gasteiger partial charge on any atom is 0.305 e. The van der Waals surface area contributed by atoms with Crippen LogP contribution in [0.5, 0.6) is 0 Å². The van der Waals surface area contributed by atoms with Gasteiger partial charge in [0.2, 0.25) is 65.0 Å². The molecule has 20 N–H and O–H groups in total. The fourth-order valence-corrected chi connectivity index (χ4v) is 12.8. The molecule has 7 atom stereocenters. The van der Waals surface area contributed by atoms with Gasteiger partial charge in [0.15, 0.2) is 5.96 Å². The summed E-state index contributed by atoms with van der Waals surface area (Å²) in [5.41, 5.74) is 11.6. The van der Waals surface area contributed by atoms with Crippen LogP contribution in [-0.2, 0) is 64.0 Å². The Bertz CT molecular complexity index is 2870. The van der Waals surface area contributed by atoms with Gasteiger partial charge in [-0.1, -0.05) is 62.2 Å². The van der Waals surface area contributed by atoms with Crippen LogP contribution in [0.4, 0.5) is 0 Å². The van der Waals surface area contributed by atoms with E-state index in [9.17, 15) is 73.1 Å². The minimum Gasteiger partial charge on any atom is -0.481 e. The Labute approximate surface area is 577 Å². The number of benzene rings is 1. The normalized spacial score (nSPS) is 21.3. The van der Waals surface area contributed by atoms with E-state index >= 15 is 0 Å². The second kappa shape index (κ2) is 44.1. The summed E-state index contributed by atoms with van der Waals surface area (Å²) in [7, 11) is 3.18. The monoisotopic (exact) mass is 1420 g/mol. The van der Waals surface area contributed by atoms with Crippen LogP contribution in [0.2, 0.25) is 0 Å². The molecule has 0 aliphatic carbocycles. The lowest BCUT2D eigenvalue weighted by atomic mass is 9.94. The summed E-state index contributed by atoms with van der Waals surface area (Å²) in [5.74, 6) is -11.2. The SMILES string of the molecule is CNC(=O)[C@@H]1CSCC(=O)N[C@@H](CCCCNC(=O)CCCC(=O)NCCC(CCNC(C)(C)/C(C)=N\O)CCNC(C)(C)/C(C)=N\O)C(=O)N[C@H]2CSSC[C@H](NC(=O)[C@H](CC(=O)O)NC(=O)CNC(=O)[C@H](CCCN=C(N)N)NC2=O)C(=O)N[C@@H](Cc2ccccc2)C(=O)N1. The average Bonchev–Trinajstić information content (AvgIpc) is 1.38. The number of oxime groups is 2. The van der Waals surface area contributed by atoms with Crippen molar-refractivity contribution in [3.63, 3.8) is 0 Å². The zero-order chi connectivity index (χ0) is 72.1. The Kier molecular flexibility index (Phi) is 37.8. The summed E-state index contributed by atoms with van der Waals surface area (Å²) >= 11 is 0.928. The first-order valence-corrected chi connectivity index (χ1v) is 35.8. The van der Waals surface area contributed by atoms with Crippen LogP contribution < -0.4 is 80.6 Å². The van der Waals surface area contributed by atoms with Crippen molar-refractivity contribution in [3.05, 3.63) is 35.9 Å². The highest BCUT2D eigenvalue weighted by molar-refractivity contribution is 8.76. The number of carbonyl (C=O) groups excluding carboxylic acids is 11. The molecule has 2 saturated heterocycles. The lowest BCUT2D eigenvalue weighted by Crippen LogP contribution is -2.60. The number of carboxylic acid groups (broad SMARTS) is 1. The molecule has 36 heteroatoms. The van der Waals surface area contributed by atoms with Gasteiger partial charge in [-0.2, -0.15) is 0 Å². The number of aliphatic carboxylic acids is 1. The van der Waals surface area contributed by atoms with Crippen molar-refractivity contribution in [1.29, 1.82) is 0 Å². The Morgan fingerprint density at radius 2 is 1.12 bits per heavy atom. The molecule has 97 heavy (non-hydrogen) atoms. The lowest BCUT2D eigenvalue weighted by molar-refractivity contribution is -0.141. The highest BCUT2D eigenvalue weighted by atomic mass is 33.1. The number of unbranched alkanes of at least 4 members (excludes halogenated alkanes) is 1. The van der Waals surface area contributed by atoms with Gasteiger partial charge in [0.05, 0.1) is 41.2 Å². The van der Waals surface area contributed by atoms with Crippen LogP contribution in [-0.4, -0.2) is 227 Å². The third-order valence-corrected chi connectivity index (χ3v) is 19.5. The average molecular weight is 1420 g/mol. The Morgan fingerprint density at radius 1 is 0.608 bits per heavy atom. The number of likely N-dealkylation sites (N-methyl/N-ethyl adjacent to an activating group) is 1. The number of amides is 11. The van der Waals surface area contributed by atoms with Gasteiger partial charge in [-0.25, -0.2) is 0 Å². The van der Waals surface area contributed by atoms with Crippen LogP contribution in [0.25, 0.3) is 0 Å². The first kappa shape index (κ1) is 83.3. The van der Waals surface area contributed by atoms with Crippen LogP contribution in [0, 0.1) is 5.92 Å². The van der Waals surface area contributed by atoms with E-state index in [4.69, 9.17) is 11.5 Å². The van der Waals surface area contributed by atoms with E-state index in [1.54, 1.807) is 44.2 Å². The van der Waals surface area contributed by atoms with Gasteiger partial charge in [0.1, 0.15) is 42.3 Å². The molecule has 2 aliphatic heterocycles. The fourth-order valence-electron chi connectivity index (χ4n) is 9.66. The van der Waals surface area contributed by atoms with Crippen molar-refractivity contribution in [2.24, 2.45) is 32.7 Å². The molecule has 2 fully saturated rings. The smallest absolute Gasteiger partial charge is 0.305 e. The molecule has 2 heterocycles. The van der Waals surface area contributed by atoms with Crippen molar-refractivity contribution < 1.29 is 73.1 Å². The summed E-state index contributed by atoms with van der Waals surface area (Å²) in [6.07, 6.45) is 1.94. The van der Waals surface area contributed by atoms with E-state index in [2.05, 4.69) is 84.4 Å². The number of hydrogen-bond acceptors (Lipinski definition) is 22. The molecule has 1 aromatic rings.